The minimum absolute atomic E-state index is 0.230. The van der Waals surface area contributed by atoms with Crippen LogP contribution in [0.1, 0.15) is 18.2 Å². The summed E-state index contributed by atoms with van der Waals surface area (Å²) in [7, 11) is 0. The van der Waals surface area contributed by atoms with E-state index in [9.17, 15) is 0 Å². The Balaban J connectivity index is 1.98. The van der Waals surface area contributed by atoms with E-state index >= 15 is 0 Å². The van der Waals surface area contributed by atoms with E-state index in [1.165, 1.54) is 5.56 Å². The van der Waals surface area contributed by atoms with Crippen LogP contribution in [-0.4, -0.2) is 21.3 Å². The number of ether oxygens (including phenoxy) is 1. The molecule has 3 heterocycles. The second-order valence-electron chi connectivity index (χ2n) is 5.36. The van der Waals surface area contributed by atoms with Gasteiger partial charge >= 0.3 is 0 Å². The van der Waals surface area contributed by atoms with Crippen molar-refractivity contribution in [2.45, 2.75) is 26.4 Å². The molecule has 1 unspecified atom stereocenters. The van der Waals surface area contributed by atoms with Crippen LogP contribution in [0.3, 0.4) is 0 Å². The molecule has 0 bridgehead atoms. The van der Waals surface area contributed by atoms with Crippen LogP contribution in [0.25, 0.3) is 22.0 Å². The average molecular weight is 265 g/mol. The summed E-state index contributed by atoms with van der Waals surface area (Å²) in [6.45, 7) is 4.16. The summed E-state index contributed by atoms with van der Waals surface area (Å²) in [5, 5.41) is 7.94. The molecule has 0 aliphatic carbocycles. The summed E-state index contributed by atoms with van der Waals surface area (Å²) in [4.78, 5) is 4.70. The van der Waals surface area contributed by atoms with Crippen molar-refractivity contribution in [3.63, 3.8) is 0 Å². The quantitative estimate of drug-likeness (QED) is 0.734. The lowest BCUT2D eigenvalue weighted by atomic mass is 10.0. The molecular formula is C16H15N3O. The highest BCUT2D eigenvalue weighted by molar-refractivity contribution is 5.91. The van der Waals surface area contributed by atoms with Gasteiger partial charge in [-0.05, 0) is 31.5 Å². The van der Waals surface area contributed by atoms with Crippen molar-refractivity contribution in [2.24, 2.45) is 0 Å². The first-order chi connectivity index (χ1) is 9.72. The fraction of sp³-hybridized carbons (Fsp3) is 0.250. The molecule has 2 aromatic heterocycles. The van der Waals surface area contributed by atoms with Gasteiger partial charge in [0.2, 0.25) is 0 Å². The SMILES string of the molecule is Cc1nc2ccc(-c3cn[nH]c3)cc2c2c1CC(C)O2. The molecule has 1 N–H and O–H groups in total. The Morgan fingerprint density at radius 1 is 1.30 bits per heavy atom. The largest absolute Gasteiger partial charge is 0.489 e. The Hall–Kier alpha value is -2.36. The van der Waals surface area contributed by atoms with Gasteiger partial charge in [0.1, 0.15) is 11.9 Å². The van der Waals surface area contributed by atoms with Crippen molar-refractivity contribution in [2.75, 3.05) is 0 Å². The monoisotopic (exact) mass is 265 g/mol. The number of nitrogens with zero attached hydrogens (tertiary/aromatic N) is 2. The highest BCUT2D eigenvalue weighted by Gasteiger charge is 2.24. The molecule has 3 aromatic rings. The van der Waals surface area contributed by atoms with Crippen LogP contribution in [0, 0.1) is 6.92 Å². The first kappa shape index (κ1) is 11.5. The maximum atomic E-state index is 6.01. The minimum atomic E-state index is 0.230. The summed E-state index contributed by atoms with van der Waals surface area (Å²) in [6, 6.07) is 6.27. The Labute approximate surface area is 116 Å². The second kappa shape index (κ2) is 4.07. The minimum Gasteiger partial charge on any atom is -0.489 e. The lowest BCUT2D eigenvalue weighted by molar-refractivity contribution is 0.257. The van der Waals surface area contributed by atoms with E-state index < -0.39 is 0 Å². The number of pyridine rings is 1. The lowest BCUT2D eigenvalue weighted by Gasteiger charge is -2.09. The molecule has 0 radical (unpaired) electrons. The predicted molar refractivity (Wildman–Crippen MR) is 77.9 cm³/mol. The third-order valence-corrected chi connectivity index (χ3v) is 3.88. The van der Waals surface area contributed by atoms with Crippen molar-refractivity contribution in [3.05, 3.63) is 41.9 Å². The van der Waals surface area contributed by atoms with Gasteiger partial charge in [0, 0.05) is 34.8 Å². The fourth-order valence-corrected chi connectivity index (χ4v) is 2.88. The topological polar surface area (TPSA) is 50.8 Å². The Kier molecular flexibility index (Phi) is 2.33. The van der Waals surface area contributed by atoms with Gasteiger partial charge in [-0.15, -0.1) is 0 Å². The molecule has 0 saturated carbocycles. The van der Waals surface area contributed by atoms with Crippen LogP contribution in [0.15, 0.2) is 30.6 Å². The van der Waals surface area contributed by atoms with Gasteiger partial charge in [-0.2, -0.15) is 5.10 Å². The molecule has 0 amide bonds. The van der Waals surface area contributed by atoms with E-state index in [0.717, 1.165) is 39.9 Å². The van der Waals surface area contributed by atoms with E-state index in [4.69, 9.17) is 9.72 Å². The van der Waals surface area contributed by atoms with Crippen LogP contribution in [-0.2, 0) is 6.42 Å². The first-order valence-electron chi connectivity index (χ1n) is 6.81. The van der Waals surface area contributed by atoms with Crippen molar-refractivity contribution in [1.82, 2.24) is 15.2 Å². The summed E-state index contributed by atoms with van der Waals surface area (Å²) < 4.78 is 6.01. The molecule has 1 aliphatic heterocycles. The Bertz CT molecular complexity index is 793. The Morgan fingerprint density at radius 3 is 3.00 bits per heavy atom. The van der Waals surface area contributed by atoms with Crippen LogP contribution in [0.2, 0.25) is 0 Å². The molecule has 0 fully saturated rings. The molecule has 0 saturated heterocycles. The van der Waals surface area contributed by atoms with E-state index in [0.29, 0.717) is 0 Å². The molecule has 4 heteroatoms. The van der Waals surface area contributed by atoms with Crippen molar-refractivity contribution >= 4 is 10.9 Å². The molecule has 1 aliphatic rings. The highest BCUT2D eigenvalue weighted by atomic mass is 16.5. The number of H-pyrrole nitrogens is 1. The van der Waals surface area contributed by atoms with Crippen molar-refractivity contribution < 1.29 is 4.74 Å². The number of aryl methyl sites for hydroxylation is 1. The van der Waals surface area contributed by atoms with Crippen molar-refractivity contribution in [3.8, 4) is 16.9 Å². The molecule has 4 rings (SSSR count). The maximum Gasteiger partial charge on any atom is 0.134 e. The van der Waals surface area contributed by atoms with Gasteiger partial charge in [0.05, 0.1) is 11.7 Å². The second-order valence-corrected chi connectivity index (χ2v) is 5.36. The number of hydrogen-bond acceptors (Lipinski definition) is 3. The van der Waals surface area contributed by atoms with E-state index in [2.05, 4.69) is 42.2 Å². The van der Waals surface area contributed by atoms with Gasteiger partial charge in [0.15, 0.2) is 0 Å². The van der Waals surface area contributed by atoms with Crippen LogP contribution < -0.4 is 4.74 Å². The lowest BCUT2D eigenvalue weighted by Crippen LogP contribution is -2.05. The molecule has 4 nitrogen and oxygen atoms in total. The van der Waals surface area contributed by atoms with Crippen molar-refractivity contribution in [1.29, 1.82) is 0 Å². The summed E-state index contributed by atoms with van der Waals surface area (Å²) >= 11 is 0. The number of rotatable bonds is 1. The fourth-order valence-electron chi connectivity index (χ4n) is 2.88. The van der Waals surface area contributed by atoms with Crippen LogP contribution in [0.4, 0.5) is 0 Å². The number of hydrogen-bond donors (Lipinski definition) is 1. The number of fused-ring (bicyclic) bond motifs is 3. The molecular weight excluding hydrogens is 250 g/mol. The maximum absolute atomic E-state index is 6.01. The number of nitrogens with one attached hydrogen (secondary N) is 1. The van der Waals surface area contributed by atoms with E-state index in [1.54, 1.807) is 0 Å². The molecule has 1 atom stereocenters. The standard InChI is InChI=1S/C16H15N3O/c1-9-5-13-10(2)19-15-4-3-11(12-7-17-18-8-12)6-14(15)16(13)20-9/h3-4,6-9H,5H2,1-2H3,(H,17,18). The number of benzene rings is 1. The van der Waals surface area contributed by atoms with Crippen LogP contribution in [0.5, 0.6) is 5.75 Å². The molecule has 20 heavy (non-hydrogen) atoms. The van der Waals surface area contributed by atoms with E-state index in [1.807, 2.05) is 12.4 Å². The zero-order chi connectivity index (χ0) is 13.7. The Morgan fingerprint density at radius 2 is 2.20 bits per heavy atom. The predicted octanol–water partition coefficient (Wildman–Crippen LogP) is 3.26. The molecule has 0 spiro atoms. The molecule has 100 valence electrons. The first-order valence-corrected chi connectivity index (χ1v) is 6.81. The zero-order valence-electron chi connectivity index (χ0n) is 11.5. The highest BCUT2D eigenvalue weighted by Crippen LogP contribution is 2.38. The zero-order valence-corrected chi connectivity index (χ0v) is 11.5. The molecule has 1 aromatic carbocycles. The van der Waals surface area contributed by atoms with E-state index in [-0.39, 0.29) is 6.10 Å². The average Bonchev–Trinajstić information content (AvgIpc) is 3.07. The summed E-state index contributed by atoms with van der Waals surface area (Å²) in [5.41, 5.74) is 5.51. The van der Waals surface area contributed by atoms with Gasteiger partial charge in [-0.1, -0.05) is 6.07 Å². The smallest absolute Gasteiger partial charge is 0.134 e. The third kappa shape index (κ3) is 1.61. The summed E-state index contributed by atoms with van der Waals surface area (Å²) in [5.74, 6) is 1.00. The normalized spacial score (nSPS) is 17.2. The van der Waals surface area contributed by atoms with Gasteiger partial charge in [-0.3, -0.25) is 10.1 Å². The number of aromatic nitrogens is 3. The van der Waals surface area contributed by atoms with Gasteiger partial charge in [0.25, 0.3) is 0 Å². The van der Waals surface area contributed by atoms with Gasteiger partial charge in [-0.25, -0.2) is 0 Å². The summed E-state index contributed by atoms with van der Waals surface area (Å²) in [6.07, 6.45) is 4.90. The third-order valence-electron chi connectivity index (χ3n) is 3.88. The van der Waals surface area contributed by atoms with Crippen LogP contribution >= 0.6 is 0 Å². The van der Waals surface area contributed by atoms with Gasteiger partial charge < -0.3 is 4.74 Å². The number of aromatic amines is 1.